The van der Waals surface area contributed by atoms with Crippen molar-refractivity contribution in [2.24, 2.45) is 0 Å². The van der Waals surface area contributed by atoms with Gasteiger partial charge in [-0.15, -0.1) is 24.0 Å². The Kier molecular flexibility index (Phi) is 14.2. The number of benzene rings is 6. The van der Waals surface area contributed by atoms with Crippen molar-refractivity contribution in [3.05, 3.63) is 192 Å². The van der Waals surface area contributed by atoms with Gasteiger partial charge >= 0.3 is 99.8 Å². The van der Waals surface area contributed by atoms with Crippen LogP contribution in [0, 0.1) is 12.2 Å². The Balaban J connectivity index is 0.000000160. The van der Waals surface area contributed by atoms with Gasteiger partial charge in [0.2, 0.25) is 0 Å². The van der Waals surface area contributed by atoms with E-state index >= 15 is 0 Å². The standard InChI is InChI=1S/2C16H13.C12H10Si.2ClH.Zr/c2*1-12-9-10-14(11-12)16-8-4-6-13-5-2-3-7-15(13)16;1-3-7-11(8-4-1)13-12-9-5-2-6-10-12;;;/h2*2-8,11H,10H2,1H3;1-10H;2*1H;/q2*-1;;;;+2/p-2. The maximum absolute atomic E-state index is 3.36. The molecule has 8 rings (SSSR count). The number of allylic oxidation sites excluding steroid dienone is 8. The van der Waals surface area contributed by atoms with Crippen molar-refractivity contribution >= 4 is 48.5 Å². The molecule has 236 valence electrons. The minimum atomic E-state index is -0.455. The van der Waals surface area contributed by atoms with Crippen molar-refractivity contribution in [3.63, 3.8) is 0 Å². The number of halogens is 2. The first-order valence-corrected chi connectivity index (χ1v) is 21.0. The molecule has 0 saturated carbocycles. The number of hydrogen-bond donors (Lipinski definition) is 0. The molecule has 2 aliphatic carbocycles. The van der Waals surface area contributed by atoms with Gasteiger partial charge in [-0.1, -0.05) is 98.8 Å². The average Bonchev–Trinajstić information content (AvgIpc) is 3.76. The van der Waals surface area contributed by atoms with Gasteiger partial charge in [-0.3, -0.25) is 12.2 Å². The van der Waals surface area contributed by atoms with E-state index in [1.165, 1.54) is 65.3 Å². The van der Waals surface area contributed by atoms with Gasteiger partial charge in [-0.2, -0.15) is 0 Å². The molecule has 6 aromatic carbocycles. The van der Waals surface area contributed by atoms with Crippen LogP contribution in [0.25, 0.3) is 32.7 Å². The normalized spacial score (nSPS) is 12.9. The van der Waals surface area contributed by atoms with Crippen molar-refractivity contribution < 1.29 is 48.1 Å². The van der Waals surface area contributed by atoms with Gasteiger partial charge in [-0.05, 0) is 32.7 Å². The van der Waals surface area contributed by atoms with Gasteiger partial charge in [0.15, 0.2) is 0 Å². The van der Waals surface area contributed by atoms with Gasteiger partial charge in [0.1, 0.15) is 0 Å². The predicted molar refractivity (Wildman–Crippen MR) is 196 cm³/mol. The van der Waals surface area contributed by atoms with Crippen LogP contribution < -0.4 is 35.2 Å². The summed E-state index contributed by atoms with van der Waals surface area (Å²) in [6.07, 6.45) is 13.1. The first-order valence-electron chi connectivity index (χ1n) is 15.8. The molecule has 0 fully saturated rings. The Morgan fingerprint density at radius 1 is 0.458 bits per heavy atom. The van der Waals surface area contributed by atoms with Gasteiger partial charge in [0.25, 0.3) is 0 Å². The van der Waals surface area contributed by atoms with E-state index in [0.717, 1.165) is 12.8 Å². The molecule has 48 heavy (non-hydrogen) atoms. The van der Waals surface area contributed by atoms with Gasteiger partial charge in [0.05, 0.1) is 0 Å². The van der Waals surface area contributed by atoms with Crippen LogP contribution in [0.1, 0.15) is 37.8 Å². The van der Waals surface area contributed by atoms with E-state index in [2.05, 4.69) is 184 Å². The zero-order valence-electron chi connectivity index (χ0n) is 27.2. The fourth-order valence-electron chi connectivity index (χ4n) is 5.93. The van der Waals surface area contributed by atoms with Crippen LogP contribution in [-0.2, 0) is 23.3 Å². The molecule has 0 nitrogen and oxygen atoms in total. The summed E-state index contributed by atoms with van der Waals surface area (Å²) in [6, 6.07) is 51.8. The molecule has 0 heterocycles. The quantitative estimate of drug-likeness (QED) is 0.188. The molecule has 0 atom stereocenters. The van der Waals surface area contributed by atoms with E-state index in [4.69, 9.17) is 0 Å². The molecule has 6 aromatic rings. The topological polar surface area (TPSA) is 0 Å². The number of fused-ring (bicyclic) bond motifs is 2. The molecular formula is C44H36Cl2SiZr-2. The monoisotopic (exact) mass is 752 g/mol. The van der Waals surface area contributed by atoms with Gasteiger partial charge in [-0.25, -0.2) is 23.3 Å². The van der Waals surface area contributed by atoms with E-state index in [1.54, 1.807) is 23.3 Å². The Hall–Kier alpha value is -3.52. The number of hydrogen-bond acceptors (Lipinski definition) is 0. The fraction of sp³-hybridized carbons (Fsp3) is 0.0909. The molecule has 0 amide bonds. The van der Waals surface area contributed by atoms with Gasteiger partial charge in [0, 0.05) is 0 Å². The Morgan fingerprint density at radius 3 is 1.19 bits per heavy atom. The van der Waals surface area contributed by atoms with Crippen LogP contribution >= 0.6 is 0 Å². The van der Waals surface area contributed by atoms with Crippen LogP contribution in [0.2, 0.25) is 0 Å². The van der Waals surface area contributed by atoms with Crippen LogP contribution in [0.4, 0.5) is 0 Å². The van der Waals surface area contributed by atoms with Crippen molar-refractivity contribution in [3.8, 4) is 0 Å². The summed E-state index contributed by atoms with van der Waals surface area (Å²) in [7, 11) is 0. The second-order valence-corrected chi connectivity index (χ2v) is 17.2. The van der Waals surface area contributed by atoms with Crippen molar-refractivity contribution in [2.75, 3.05) is 0 Å². The molecule has 0 spiro atoms. The van der Waals surface area contributed by atoms with Crippen LogP contribution in [0.3, 0.4) is 0 Å². The summed E-state index contributed by atoms with van der Waals surface area (Å²) in [5.41, 5.74) is 7.52. The number of rotatable bonds is 4. The molecule has 2 aliphatic rings. The van der Waals surface area contributed by atoms with Crippen molar-refractivity contribution in [2.45, 2.75) is 26.7 Å². The molecule has 0 radical (unpaired) electrons. The summed E-state index contributed by atoms with van der Waals surface area (Å²) in [5, 5.41) is 8.33. The maximum atomic E-state index is 3.36. The van der Waals surface area contributed by atoms with Crippen LogP contribution in [0.15, 0.2) is 169 Å². The van der Waals surface area contributed by atoms with E-state index in [1.807, 2.05) is 0 Å². The van der Waals surface area contributed by atoms with Crippen LogP contribution in [0.5, 0.6) is 0 Å². The minimum absolute atomic E-state index is 0. The van der Waals surface area contributed by atoms with E-state index in [-0.39, 0.29) is 24.8 Å². The Morgan fingerprint density at radius 2 is 0.812 bits per heavy atom. The summed E-state index contributed by atoms with van der Waals surface area (Å²) in [6.45, 7) is 4.22. The second-order valence-electron chi connectivity index (χ2n) is 11.6. The summed E-state index contributed by atoms with van der Waals surface area (Å²) in [4.78, 5) is 0. The van der Waals surface area contributed by atoms with E-state index < -0.39 is 5.43 Å². The van der Waals surface area contributed by atoms with Gasteiger partial charge < -0.3 is 24.8 Å². The first-order chi connectivity index (χ1) is 22.6. The molecule has 0 aliphatic heterocycles. The van der Waals surface area contributed by atoms with E-state index in [9.17, 15) is 0 Å². The van der Waals surface area contributed by atoms with Crippen molar-refractivity contribution in [1.82, 2.24) is 0 Å². The average molecular weight is 755 g/mol. The third kappa shape index (κ3) is 9.34. The summed E-state index contributed by atoms with van der Waals surface area (Å²) in [5.74, 6) is 0. The zero-order chi connectivity index (χ0) is 31.7. The predicted octanol–water partition coefficient (Wildman–Crippen LogP) is 4.10. The molecule has 0 saturated heterocycles. The van der Waals surface area contributed by atoms with Crippen LogP contribution in [-0.4, -0.2) is 5.43 Å². The Labute approximate surface area is 313 Å². The Bertz CT molecular complexity index is 1960. The molecule has 4 heteroatoms. The first kappa shape index (κ1) is 37.3. The zero-order valence-corrected chi connectivity index (χ0v) is 32.2. The summed E-state index contributed by atoms with van der Waals surface area (Å²) < 4.78 is 0. The molecule has 0 aromatic heterocycles. The SMILES string of the molecule is CC1=[C-]CC(c2cccc3ccccc23)=C1.CC1=[C-]CC(c2cccc3ccccc23)=C1.[Cl-].[Cl-].[Zr+2]=[Si](c1ccccc1)c1ccccc1. The molecule has 0 bridgehead atoms. The molecule has 0 N–H and O–H groups in total. The third-order valence-corrected chi connectivity index (χ3v) is 14.4. The van der Waals surface area contributed by atoms with E-state index in [0.29, 0.717) is 0 Å². The van der Waals surface area contributed by atoms with Crippen molar-refractivity contribution in [1.29, 1.82) is 0 Å². The fourth-order valence-corrected chi connectivity index (χ4v) is 9.77. The summed E-state index contributed by atoms with van der Waals surface area (Å²) >= 11 is 1.64. The molecule has 0 unspecified atom stereocenters. The molecular weight excluding hydrogens is 719 g/mol. The third-order valence-electron chi connectivity index (χ3n) is 8.29. The second kappa shape index (κ2) is 18.3.